The lowest BCUT2D eigenvalue weighted by molar-refractivity contribution is -0.120. The van der Waals surface area contributed by atoms with Crippen LogP contribution in [0.3, 0.4) is 0 Å². The second-order valence-corrected chi connectivity index (χ2v) is 4.62. The van der Waals surface area contributed by atoms with Gasteiger partial charge in [-0.05, 0) is 35.2 Å². The van der Waals surface area contributed by atoms with Gasteiger partial charge < -0.3 is 10.1 Å². The lowest BCUT2D eigenvalue weighted by Gasteiger charge is -2.27. The summed E-state index contributed by atoms with van der Waals surface area (Å²) in [5.74, 6) is 0.581. The highest BCUT2D eigenvalue weighted by Crippen LogP contribution is 2.30. The van der Waals surface area contributed by atoms with Gasteiger partial charge in [0.2, 0.25) is 0 Å². The minimum Gasteiger partial charge on any atom is -0.429 e. The van der Waals surface area contributed by atoms with E-state index in [2.05, 4.69) is 35.6 Å². The van der Waals surface area contributed by atoms with Crippen LogP contribution >= 0.6 is 0 Å². The molecule has 0 aliphatic carbocycles. The number of ether oxygens (including phenoxy) is 1. The Balaban J connectivity index is 1.99. The minimum atomic E-state index is 0.167. The molecule has 0 spiro atoms. The summed E-state index contributed by atoms with van der Waals surface area (Å²) in [5.41, 5.74) is 3.80. The zero-order chi connectivity index (χ0) is 13.1. The van der Waals surface area contributed by atoms with Crippen molar-refractivity contribution in [2.75, 3.05) is 6.54 Å². The maximum absolute atomic E-state index is 10.4. The average Bonchev–Trinajstić information content (AvgIpc) is 2.47. The van der Waals surface area contributed by atoms with Gasteiger partial charge >= 0.3 is 0 Å². The van der Waals surface area contributed by atoms with Gasteiger partial charge in [-0.25, -0.2) is 0 Å². The number of benzene rings is 2. The van der Waals surface area contributed by atoms with E-state index in [0.717, 1.165) is 18.5 Å². The van der Waals surface area contributed by atoms with Crippen molar-refractivity contribution >= 4 is 6.47 Å². The maximum Gasteiger partial charge on any atom is 0.298 e. The fraction of sp³-hybridized carbons (Fsp3) is 0.188. The Hall–Kier alpha value is -2.13. The number of hydrogen-bond donors (Lipinski definition) is 1. The summed E-state index contributed by atoms with van der Waals surface area (Å²) >= 11 is 0. The number of rotatable bonds is 3. The number of nitrogens with one attached hydrogen (secondary N) is 1. The van der Waals surface area contributed by atoms with Crippen molar-refractivity contribution in [2.24, 2.45) is 0 Å². The van der Waals surface area contributed by atoms with Crippen molar-refractivity contribution in [2.45, 2.75) is 12.5 Å². The zero-order valence-corrected chi connectivity index (χ0v) is 10.5. The summed E-state index contributed by atoms with van der Waals surface area (Å²) in [5, 5.41) is 3.52. The molecule has 96 valence electrons. The SMILES string of the molecule is O=COc1cccc(C2NCCc3ccccc32)c1. The number of carbonyl (C=O) groups is 1. The van der Waals surface area contributed by atoms with E-state index in [-0.39, 0.29) is 6.04 Å². The summed E-state index contributed by atoms with van der Waals surface area (Å²) < 4.78 is 4.92. The largest absolute Gasteiger partial charge is 0.429 e. The van der Waals surface area contributed by atoms with Gasteiger partial charge in [0.1, 0.15) is 5.75 Å². The maximum atomic E-state index is 10.4. The standard InChI is InChI=1S/C16H15NO2/c18-11-19-14-6-3-5-13(10-14)16-15-7-2-1-4-12(15)8-9-17-16/h1-7,10-11,16-17H,8-9H2. The van der Waals surface area contributed by atoms with Gasteiger partial charge in [0.05, 0.1) is 6.04 Å². The Kier molecular flexibility index (Phi) is 3.29. The van der Waals surface area contributed by atoms with Crippen molar-refractivity contribution in [3.63, 3.8) is 0 Å². The quantitative estimate of drug-likeness (QED) is 0.854. The topological polar surface area (TPSA) is 38.3 Å². The molecule has 1 N–H and O–H groups in total. The Morgan fingerprint density at radius 3 is 2.95 bits per heavy atom. The van der Waals surface area contributed by atoms with Crippen LogP contribution in [-0.4, -0.2) is 13.0 Å². The lowest BCUT2D eigenvalue weighted by Crippen LogP contribution is -2.30. The lowest BCUT2D eigenvalue weighted by atomic mass is 9.90. The minimum absolute atomic E-state index is 0.167. The first-order chi connectivity index (χ1) is 9.38. The van der Waals surface area contributed by atoms with E-state index < -0.39 is 0 Å². The zero-order valence-electron chi connectivity index (χ0n) is 10.5. The van der Waals surface area contributed by atoms with Crippen LogP contribution in [0.25, 0.3) is 0 Å². The molecule has 1 aliphatic heterocycles. The third-order valence-electron chi connectivity index (χ3n) is 3.48. The normalized spacial score (nSPS) is 17.6. The van der Waals surface area contributed by atoms with Crippen LogP contribution < -0.4 is 10.1 Å². The van der Waals surface area contributed by atoms with Gasteiger partial charge in [-0.15, -0.1) is 0 Å². The number of fused-ring (bicyclic) bond motifs is 1. The molecule has 3 heteroatoms. The first-order valence-corrected chi connectivity index (χ1v) is 6.40. The van der Waals surface area contributed by atoms with Crippen LogP contribution in [0.1, 0.15) is 22.7 Å². The number of hydrogen-bond acceptors (Lipinski definition) is 3. The van der Waals surface area contributed by atoms with Gasteiger partial charge in [0.15, 0.2) is 0 Å². The molecule has 3 rings (SSSR count). The molecule has 2 aromatic carbocycles. The smallest absolute Gasteiger partial charge is 0.298 e. The molecular formula is C16H15NO2. The molecule has 2 aromatic rings. The number of carbonyl (C=O) groups excluding carboxylic acids is 1. The van der Waals surface area contributed by atoms with E-state index in [9.17, 15) is 4.79 Å². The van der Waals surface area contributed by atoms with E-state index >= 15 is 0 Å². The van der Waals surface area contributed by atoms with Gasteiger partial charge in [-0.3, -0.25) is 4.79 Å². The molecule has 19 heavy (non-hydrogen) atoms. The summed E-state index contributed by atoms with van der Waals surface area (Å²) in [7, 11) is 0. The molecular weight excluding hydrogens is 238 g/mol. The molecule has 1 unspecified atom stereocenters. The van der Waals surface area contributed by atoms with Gasteiger partial charge in [0.25, 0.3) is 6.47 Å². The molecule has 0 bridgehead atoms. The molecule has 0 saturated carbocycles. The van der Waals surface area contributed by atoms with Crippen LogP contribution in [0.15, 0.2) is 48.5 Å². The third-order valence-corrected chi connectivity index (χ3v) is 3.48. The van der Waals surface area contributed by atoms with Crippen LogP contribution in [0.5, 0.6) is 5.75 Å². The first-order valence-electron chi connectivity index (χ1n) is 6.40. The first kappa shape index (κ1) is 11.9. The molecule has 0 fully saturated rings. The van der Waals surface area contributed by atoms with Crippen molar-refractivity contribution in [3.8, 4) is 5.75 Å². The van der Waals surface area contributed by atoms with Gasteiger partial charge in [-0.1, -0.05) is 36.4 Å². The van der Waals surface area contributed by atoms with Gasteiger partial charge in [0, 0.05) is 6.54 Å². The average molecular weight is 253 g/mol. The Morgan fingerprint density at radius 2 is 2.05 bits per heavy atom. The fourth-order valence-corrected chi connectivity index (χ4v) is 2.63. The van der Waals surface area contributed by atoms with Gasteiger partial charge in [-0.2, -0.15) is 0 Å². The monoisotopic (exact) mass is 253 g/mol. The summed E-state index contributed by atoms with van der Waals surface area (Å²) in [4.78, 5) is 10.4. The third kappa shape index (κ3) is 2.37. The molecule has 3 nitrogen and oxygen atoms in total. The molecule has 1 atom stereocenters. The predicted octanol–water partition coefficient (Wildman–Crippen LogP) is 2.46. The predicted molar refractivity (Wildman–Crippen MR) is 73.1 cm³/mol. The molecule has 0 amide bonds. The highest BCUT2D eigenvalue weighted by atomic mass is 16.5. The highest BCUT2D eigenvalue weighted by Gasteiger charge is 2.20. The van der Waals surface area contributed by atoms with Crippen LogP contribution in [0.2, 0.25) is 0 Å². The van der Waals surface area contributed by atoms with Crippen molar-refractivity contribution in [3.05, 3.63) is 65.2 Å². The molecule has 0 aromatic heterocycles. The van der Waals surface area contributed by atoms with E-state index in [4.69, 9.17) is 4.74 Å². The molecule has 1 heterocycles. The van der Waals surface area contributed by atoms with Crippen molar-refractivity contribution < 1.29 is 9.53 Å². The molecule has 1 aliphatic rings. The Morgan fingerprint density at radius 1 is 1.16 bits per heavy atom. The summed E-state index contributed by atoms with van der Waals surface area (Å²) in [6.07, 6.45) is 1.05. The highest BCUT2D eigenvalue weighted by molar-refractivity contribution is 5.47. The van der Waals surface area contributed by atoms with E-state index in [0.29, 0.717) is 12.2 Å². The summed E-state index contributed by atoms with van der Waals surface area (Å²) in [6, 6.07) is 16.3. The van der Waals surface area contributed by atoms with E-state index in [1.54, 1.807) is 6.07 Å². The Labute approximate surface area is 112 Å². The second kappa shape index (κ2) is 5.24. The molecule has 0 radical (unpaired) electrons. The fourth-order valence-electron chi connectivity index (χ4n) is 2.63. The van der Waals surface area contributed by atoms with Crippen LogP contribution in [-0.2, 0) is 11.2 Å². The Bertz CT molecular complexity index is 595. The van der Waals surface area contributed by atoms with Crippen molar-refractivity contribution in [1.82, 2.24) is 5.32 Å². The van der Waals surface area contributed by atoms with E-state index in [1.165, 1.54) is 11.1 Å². The van der Waals surface area contributed by atoms with Crippen LogP contribution in [0, 0.1) is 0 Å². The summed E-state index contributed by atoms with van der Waals surface area (Å²) in [6.45, 7) is 1.42. The van der Waals surface area contributed by atoms with E-state index in [1.807, 2.05) is 12.1 Å². The molecule has 0 saturated heterocycles. The van der Waals surface area contributed by atoms with Crippen molar-refractivity contribution in [1.29, 1.82) is 0 Å². The second-order valence-electron chi connectivity index (χ2n) is 4.62. The van der Waals surface area contributed by atoms with Crippen LogP contribution in [0.4, 0.5) is 0 Å².